The van der Waals surface area contributed by atoms with Crippen molar-refractivity contribution in [2.45, 2.75) is 6.42 Å². The summed E-state index contributed by atoms with van der Waals surface area (Å²) in [4.78, 5) is 13.1. The van der Waals surface area contributed by atoms with E-state index < -0.39 is 0 Å². The van der Waals surface area contributed by atoms with E-state index in [4.69, 9.17) is 16.3 Å². The van der Waals surface area contributed by atoms with E-state index in [1.807, 2.05) is 12.1 Å². The maximum absolute atomic E-state index is 13.2. The molecule has 1 aromatic carbocycles. The molecule has 4 nitrogen and oxygen atoms in total. The number of alkyl halides is 1. The van der Waals surface area contributed by atoms with Crippen molar-refractivity contribution in [3.05, 3.63) is 66.6 Å². The molecular weight excluding hydrogens is 329 g/mol. The van der Waals surface area contributed by atoms with Gasteiger partial charge in [0.25, 0.3) is 0 Å². The van der Waals surface area contributed by atoms with Gasteiger partial charge in [-0.3, -0.25) is 4.98 Å². The Kier molecular flexibility index (Phi) is 5.46. The zero-order valence-electron chi connectivity index (χ0n) is 12.8. The first-order valence-electron chi connectivity index (χ1n) is 7.44. The van der Waals surface area contributed by atoms with Crippen LogP contribution in [0.2, 0.25) is 0 Å². The third-order valence-electron chi connectivity index (χ3n) is 3.49. The fourth-order valence-corrected chi connectivity index (χ4v) is 2.44. The van der Waals surface area contributed by atoms with Gasteiger partial charge in [-0.1, -0.05) is 23.7 Å². The molecule has 0 saturated heterocycles. The van der Waals surface area contributed by atoms with E-state index in [-0.39, 0.29) is 11.9 Å². The molecule has 3 rings (SSSR count). The molecule has 0 aliphatic rings. The summed E-state index contributed by atoms with van der Waals surface area (Å²) in [6.45, 7) is 0.454. The van der Waals surface area contributed by atoms with Crippen molar-refractivity contribution in [3.8, 4) is 22.4 Å². The van der Waals surface area contributed by atoms with Gasteiger partial charge in [0, 0.05) is 36.1 Å². The minimum atomic E-state index is -0.278. The Morgan fingerprint density at radius 2 is 1.75 bits per heavy atom. The molecule has 0 spiro atoms. The van der Waals surface area contributed by atoms with Gasteiger partial charge in [-0.25, -0.2) is 14.4 Å². The topological polar surface area (TPSA) is 47.9 Å². The number of hydrogen-bond donors (Lipinski definition) is 0. The van der Waals surface area contributed by atoms with Gasteiger partial charge in [0.1, 0.15) is 17.7 Å². The minimum Gasteiger partial charge on any atom is -0.365 e. The van der Waals surface area contributed by atoms with E-state index >= 15 is 0 Å². The smallest absolute Gasteiger partial charge is 0.131 e. The molecule has 0 fully saturated rings. The number of rotatable bonds is 6. The van der Waals surface area contributed by atoms with E-state index in [9.17, 15) is 4.39 Å². The fourth-order valence-electron chi connectivity index (χ4n) is 2.33. The summed E-state index contributed by atoms with van der Waals surface area (Å²) in [7, 11) is 0. The van der Waals surface area contributed by atoms with Gasteiger partial charge in [0.15, 0.2) is 0 Å². The zero-order chi connectivity index (χ0) is 16.8. The molecule has 0 unspecified atom stereocenters. The predicted molar refractivity (Wildman–Crippen MR) is 91.0 cm³/mol. The van der Waals surface area contributed by atoms with E-state index in [0.717, 1.165) is 22.4 Å². The van der Waals surface area contributed by atoms with Crippen LogP contribution in [0.5, 0.6) is 0 Å². The van der Waals surface area contributed by atoms with Gasteiger partial charge in [0.05, 0.1) is 12.3 Å². The molecule has 2 heterocycles. The Bertz CT molecular complexity index is 797. The molecule has 3 aromatic rings. The van der Waals surface area contributed by atoms with Gasteiger partial charge in [-0.2, -0.15) is 0 Å². The van der Waals surface area contributed by atoms with Crippen LogP contribution in [0.1, 0.15) is 5.82 Å². The van der Waals surface area contributed by atoms with Gasteiger partial charge >= 0.3 is 0 Å². The molecule has 0 aliphatic heterocycles. The van der Waals surface area contributed by atoms with Crippen LogP contribution in [-0.4, -0.2) is 27.6 Å². The number of aromatic nitrogens is 3. The Morgan fingerprint density at radius 3 is 2.46 bits per heavy atom. The van der Waals surface area contributed by atoms with Crippen LogP contribution in [0.15, 0.2) is 55.0 Å². The average molecular weight is 344 g/mol. The van der Waals surface area contributed by atoms with Crippen LogP contribution in [-0.2, 0) is 11.2 Å². The van der Waals surface area contributed by atoms with Crippen LogP contribution >= 0.6 is 11.6 Å². The van der Waals surface area contributed by atoms with Crippen molar-refractivity contribution < 1.29 is 9.13 Å². The van der Waals surface area contributed by atoms with E-state index in [1.165, 1.54) is 12.1 Å². The largest absolute Gasteiger partial charge is 0.365 e. The summed E-state index contributed by atoms with van der Waals surface area (Å²) in [5.41, 5.74) is 3.39. The second kappa shape index (κ2) is 7.95. The van der Waals surface area contributed by atoms with Gasteiger partial charge in [0.2, 0.25) is 0 Å². The third kappa shape index (κ3) is 3.93. The van der Waals surface area contributed by atoms with Gasteiger partial charge < -0.3 is 4.74 Å². The summed E-state index contributed by atoms with van der Waals surface area (Å²) in [6, 6.07) is 10.2. The molecule has 0 N–H and O–H groups in total. The highest BCUT2D eigenvalue weighted by molar-refractivity contribution is 6.17. The second-order valence-corrected chi connectivity index (χ2v) is 5.28. The second-order valence-electron chi connectivity index (χ2n) is 5.06. The van der Waals surface area contributed by atoms with Crippen molar-refractivity contribution in [1.29, 1.82) is 0 Å². The van der Waals surface area contributed by atoms with E-state index in [1.54, 1.807) is 30.7 Å². The Morgan fingerprint density at radius 1 is 1.00 bits per heavy atom. The minimum absolute atomic E-state index is 0.144. The van der Waals surface area contributed by atoms with Crippen LogP contribution < -0.4 is 0 Å². The summed E-state index contributed by atoms with van der Waals surface area (Å²) in [5.74, 6) is 0.387. The number of benzene rings is 1. The molecule has 24 heavy (non-hydrogen) atoms. The highest BCUT2D eigenvalue weighted by atomic mass is 35.5. The first-order valence-corrected chi connectivity index (χ1v) is 7.97. The quantitative estimate of drug-likeness (QED) is 0.499. The lowest BCUT2D eigenvalue weighted by molar-refractivity contribution is 0.181. The first kappa shape index (κ1) is 16.5. The lowest BCUT2D eigenvalue weighted by atomic mass is 10.0. The van der Waals surface area contributed by atoms with Crippen LogP contribution in [0.25, 0.3) is 22.4 Å². The van der Waals surface area contributed by atoms with Crippen molar-refractivity contribution in [2.75, 3.05) is 12.7 Å². The molecule has 0 aliphatic carbocycles. The fraction of sp³-hybridized carbons (Fsp3) is 0.167. The van der Waals surface area contributed by atoms with Crippen LogP contribution in [0, 0.1) is 5.82 Å². The SMILES string of the molecule is Fc1ccc(-c2cnc(CCOCCl)nc2-c2ccncc2)cc1. The van der Waals surface area contributed by atoms with Crippen LogP contribution in [0.3, 0.4) is 0 Å². The monoisotopic (exact) mass is 343 g/mol. The number of halogens is 2. The molecule has 0 radical (unpaired) electrons. The molecule has 0 atom stereocenters. The maximum Gasteiger partial charge on any atom is 0.131 e. The number of hydrogen-bond acceptors (Lipinski definition) is 4. The Labute approximate surface area is 144 Å². The third-order valence-corrected chi connectivity index (χ3v) is 3.65. The lowest BCUT2D eigenvalue weighted by Crippen LogP contribution is -2.04. The molecule has 0 saturated carbocycles. The average Bonchev–Trinajstić information content (AvgIpc) is 2.63. The van der Waals surface area contributed by atoms with E-state index in [0.29, 0.717) is 18.9 Å². The van der Waals surface area contributed by atoms with Crippen molar-refractivity contribution in [1.82, 2.24) is 15.0 Å². The Balaban J connectivity index is 2.02. The molecular formula is C18H15ClFN3O. The van der Waals surface area contributed by atoms with Crippen molar-refractivity contribution in [3.63, 3.8) is 0 Å². The standard InChI is InChI=1S/C18H15ClFN3O/c19-12-24-10-7-17-22-11-16(13-1-3-15(20)4-2-13)18(23-17)14-5-8-21-9-6-14/h1-6,8-9,11H,7,10,12H2. The normalized spacial score (nSPS) is 10.8. The van der Waals surface area contributed by atoms with E-state index in [2.05, 4.69) is 15.0 Å². The highest BCUT2D eigenvalue weighted by Crippen LogP contribution is 2.29. The highest BCUT2D eigenvalue weighted by Gasteiger charge is 2.12. The number of pyridine rings is 1. The lowest BCUT2D eigenvalue weighted by Gasteiger charge is -2.11. The molecule has 6 heteroatoms. The maximum atomic E-state index is 13.2. The number of nitrogens with zero attached hydrogens (tertiary/aromatic N) is 3. The molecule has 122 valence electrons. The Hall–Kier alpha value is -2.37. The van der Waals surface area contributed by atoms with Crippen molar-refractivity contribution in [2.24, 2.45) is 0 Å². The van der Waals surface area contributed by atoms with Gasteiger partial charge in [-0.15, -0.1) is 0 Å². The summed E-state index contributed by atoms with van der Waals surface area (Å²) in [6.07, 6.45) is 5.74. The van der Waals surface area contributed by atoms with Gasteiger partial charge in [-0.05, 0) is 29.8 Å². The summed E-state index contributed by atoms with van der Waals surface area (Å²) in [5, 5.41) is 0. The molecule has 2 aromatic heterocycles. The summed E-state index contributed by atoms with van der Waals surface area (Å²) < 4.78 is 18.3. The zero-order valence-corrected chi connectivity index (χ0v) is 13.6. The first-order chi connectivity index (χ1) is 11.8. The van der Waals surface area contributed by atoms with Crippen molar-refractivity contribution >= 4 is 11.6 Å². The molecule has 0 amide bonds. The number of ether oxygens (including phenoxy) is 1. The van der Waals surface area contributed by atoms with Crippen LogP contribution in [0.4, 0.5) is 4.39 Å². The summed E-state index contributed by atoms with van der Waals surface area (Å²) >= 11 is 5.51. The molecule has 0 bridgehead atoms. The predicted octanol–water partition coefficient (Wildman–Crippen LogP) is 4.10.